The third kappa shape index (κ3) is 2.82. The van der Waals surface area contributed by atoms with Crippen molar-refractivity contribution in [3.63, 3.8) is 0 Å². The highest BCUT2D eigenvalue weighted by atomic mass is 35.5. The smallest absolute Gasteiger partial charge is 0.416 e. The van der Waals surface area contributed by atoms with Crippen LogP contribution in [0.4, 0.5) is 13.2 Å². The molecule has 1 aromatic heterocycles. The summed E-state index contributed by atoms with van der Waals surface area (Å²) in [5.41, 5.74) is 0.508. The van der Waals surface area contributed by atoms with Crippen molar-refractivity contribution in [2.24, 2.45) is 0 Å². The maximum atomic E-state index is 12.9. The Kier molecular flexibility index (Phi) is 3.96. The summed E-state index contributed by atoms with van der Waals surface area (Å²) in [6, 6.07) is 7.62. The fourth-order valence-corrected chi connectivity index (χ4v) is 2.53. The van der Waals surface area contributed by atoms with E-state index in [9.17, 15) is 18.0 Å². The van der Waals surface area contributed by atoms with Crippen molar-refractivity contribution in [1.82, 2.24) is 9.55 Å². The number of benzene rings is 2. The number of ether oxygens (including phenoxy) is 1. The number of esters is 1. The Morgan fingerprint density at radius 1 is 1.21 bits per heavy atom. The first-order valence-corrected chi connectivity index (χ1v) is 7.11. The quantitative estimate of drug-likeness (QED) is 0.637. The van der Waals surface area contributed by atoms with Crippen molar-refractivity contribution in [3.8, 4) is 5.69 Å². The number of methoxy groups -OCH3 is 1. The highest BCUT2D eigenvalue weighted by molar-refractivity contribution is 6.32. The van der Waals surface area contributed by atoms with Crippen molar-refractivity contribution in [2.45, 2.75) is 6.18 Å². The van der Waals surface area contributed by atoms with Gasteiger partial charge in [-0.25, -0.2) is 9.78 Å². The van der Waals surface area contributed by atoms with E-state index in [1.165, 1.54) is 36.2 Å². The minimum absolute atomic E-state index is 0.121. The Hall–Kier alpha value is -2.54. The van der Waals surface area contributed by atoms with Gasteiger partial charge in [0.15, 0.2) is 0 Å². The van der Waals surface area contributed by atoms with Gasteiger partial charge in [0, 0.05) is 0 Å². The molecular weight excluding hydrogens is 345 g/mol. The number of rotatable bonds is 2. The van der Waals surface area contributed by atoms with Crippen LogP contribution in [-0.4, -0.2) is 22.6 Å². The second kappa shape index (κ2) is 5.83. The summed E-state index contributed by atoms with van der Waals surface area (Å²) in [5, 5.41) is 0.130. The molecule has 0 fully saturated rings. The number of nitrogens with zero attached hydrogens (tertiary/aromatic N) is 2. The van der Waals surface area contributed by atoms with Crippen LogP contribution in [0.5, 0.6) is 0 Å². The maximum Gasteiger partial charge on any atom is 0.416 e. The van der Waals surface area contributed by atoms with Crippen molar-refractivity contribution in [1.29, 1.82) is 0 Å². The minimum atomic E-state index is -4.49. The lowest BCUT2D eigenvalue weighted by atomic mass is 10.1. The fraction of sp³-hybridized carbons (Fsp3) is 0.125. The van der Waals surface area contributed by atoms with E-state index >= 15 is 0 Å². The summed E-state index contributed by atoms with van der Waals surface area (Å²) >= 11 is 6.06. The fourth-order valence-electron chi connectivity index (χ4n) is 2.32. The molecule has 3 rings (SSSR count). The molecular formula is C16H10ClF3N2O2. The Bertz CT molecular complexity index is 935. The molecule has 1 heterocycles. The number of imidazole rings is 1. The van der Waals surface area contributed by atoms with Gasteiger partial charge in [-0.05, 0) is 36.4 Å². The minimum Gasteiger partial charge on any atom is -0.465 e. The normalized spacial score (nSPS) is 11.7. The SMILES string of the molecule is COC(=O)c1ccc2ncn(-c3cc(C(F)(F)F)ccc3Cl)c2c1. The van der Waals surface area contributed by atoms with Crippen molar-refractivity contribution in [2.75, 3.05) is 7.11 Å². The molecule has 0 amide bonds. The number of halogens is 4. The third-order valence-corrected chi connectivity index (χ3v) is 3.82. The van der Waals surface area contributed by atoms with Crippen LogP contribution in [0.3, 0.4) is 0 Å². The Morgan fingerprint density at radius 2 is 1.96 bits per heavy atom. The van der Waals surface area contributed by atoms with Crippen LogP contribution < -0.4 is 0 Å². The van der Waals surface area contributed by atoms with Gasteiger partial charge in [0.2, 0.25) is 0 Å². The molecule has 3 aromatic rings. The largest absolute Gasteiger partial charge is 0.465 e. The van der Waals surface area contributed by atoms with E-state index in [-0.39, 0.29) is 16.3 Å². The number of aromatic nitrogens is 2. The summed E-state index contributed by atoms with van der Waals surface area (Å²) in [4.78, 5) is 15.8. The number of fused-ring (bicyclic) bond motifs is 1. The molecule has 2 aromatic carbocycles. The van der Waals surface area contributed by atoms with E-state index < -0.39 is 17.7 Å². The molecule has 0 spiro atoms. The van der Waals surface area contributed by atoms with Gasteiger partial charge in [0.1, 0.15) is 6.33 Å². The molecule has 8 heteroatoms. The molecule has 0 unspecified atom stereocenters. The maximum absolute atomic E-state index is 12.9. The van der Waals surface area contributed by atoms with Gasteiger partial charge in [-0.1, -0.05) is 11.6 Å². The highest BCUT2D eigenvalue weighted by Crippen LogP contribution is 2.34. The number of hydrogen-bond acceptors (Lipinski definition) is 3. The van der Waals surface area contributed by atoms with Crippen molar-refractivity contribution >= 4 is 28.6 Å². The number of carbonyl (C=O) groups is 1. The average Bonchev–Trinajstić information content (AvgIpc) is 2.96. The number of alkyl halides is 3. The second-order valence-electron chi connectivity index (χ2n) is 4.97. The van der Waals surface area contributed by atoms with Crippen LogP contribution in [0.25, 0.3) is 16.7 Å². The standard InChI is InChI=1S/C16H10ClF3N2O2/c1-24-15(23)9-2-5-12-14(6-9)22(8-21-12)13-7-10(16(18,19)20)3-4-11(13)17/h2-8H,1H3. The lowest BCUT2D eigenvalue weighted by Gasteiger charge is -2.12. The molecule has 4 nitrogen and oxygen atoms in total. The molecule has 124 valence electrons. The number of hydrogen-bond donors (Lipinski definition) is 0. The summed E-state index contributed by atoms with van der Waals surface area (Å²) in [5.74, 6) is -0.556. The van der Waals surface area contributed by atoms with Gasteiger partial charge in [-0.3, -0.25) is 4.57 Å². The first kappa shape index (κ1) is 16.3. The number of carbonyl (C=O) groups excluding carboxylic acids is 1. The Labute approximate surface area is 139 Å². The van der Waals surface area contributed by atoms with Crippen LogP contribution in [0, 0.1) is 0 Å². The van der Waals surface area contributed by atoms with Gasteiger partial charge in [-0.15, -0.1) is 0 Å². The van der Waals surface area contributed by atoms with Gasteiger partial charge in [-0.2, -0.15) is 13.2 Å². The zero-order chi connectivity index (χ0) is 17.5. The molecule has 0 radical (unpaired) electrons. The average molecular weight is 355 g/mol. The first-order valence-electron chi connectivity index (χ1n) is 6.74. The molecule has 24 heavy (non-hydrogen) atoms. The summed E-state index contributed by atoms with van der Waals surface area (Å²) in [6.45, 7) is 0. The zero-order valence-corrected chi connectivity index (χ0v) is 13.0. The zero-order valence-electron chi connectivity index (χ0n) is 12.3. The van der Waals surface area contributed by atoms with Crippen molar-refractivity contribution in [3.05, 3.63) is 58.9 Å². The molecule has 0 aliphatic rings. The van der Waals surface area contributed by atoms with E-state index in [0.29, 0.717) is 11.0 Å². The van der Waals surface area contributed by atoms with Crippen LogP contribution in [0.15, 0.2) is 42.7 Å². The van der Waals surface area contributed by atoms with Gasteiger partial charge in [0.05, 0.1) is 40.0 Å². The van der Waals surface area contributed by atoms with Crippen LogP contribution in [-0.2, 0) is 10.9 Å². The van der Waals surface area contributed by atoms with Crippen LogP contribution in [0.2, 0.25) is 5.02 Å². The lowest BCUT2D eigenvalue weighted by Crippen LogP contribution is -2.06. The van der Waals surface area contributed by atoms with E-state index in [0.717, 1.165) is 12.1 Å². The van der Waals surface area contributed by atoms with E-state index in [1.807, 2.05) is 0 Å². The molecule has 0 saturated carbocycles. The predicted octanol–water partition coefficient (Wildman–Crippen LogP) is 4.48. The molecule has 0 aliphatic carbocycles. The van der Waals surface area contributed by atoms with Crippen LogP contribution >= 0.6 is 11.6 Å². The molecule has 0 aliphatic heterocycles. The van der Waals surface area contributed by atoms with Gasteiger partial charge < -0.3 is 4.74 Å². The molecule has 0 N–H and O–H groups in total. The molecule has 0 saturated heterocycles. The second-order valence-corrected chi connectivity index (χ2v) is 5.38. The van der Waals surface area contributed by atoms with E-state index in [1.54, 1.807) is 6.07 Å². The van der Waals surface area contributed by atoms with Crippen molar-refractivity contribution < 1.29 is 22.7 Å². The lowest BCUT2D eigenvalue weighted by molar-refractivity contribution is -0.137. The summed E-state index contributed by atoms with van der Waals surface area (Å²) in [6.07, 6.45) is -3.14. The summed E-state index contributed by atoms with van der Waals surface area (Å²) < 4.78 is 44.9. The van der Waals surface area contributed by atoms with Crippen LogP contribution in [0.1, 0.15) is 15.9 Å². The molecule has 0 atom stereocenters. The monoisotopic (exact) mass is 354 g/mol. The van der Waals surface area contributed by atoms with E-state index in [2.05, 4.69) is 9.72 Å². The molecule has 0 bridgehead atoms. The van der Waals surface area contributed by atoms with Gasteiger partial charge >= 0.3 is 12.1 Å². The predicted molar refractivity (Wildman–Crippen MR) is 82.4 cm³/mol. The van der Waals surface area contributed by atoms with Gasteiger partial charge in [0.25, 0.3) is 0 Å². The topological polar surface area (TPSA) is 44.1 Å². The van der Waals surface area contributed by atoms with E-state index in [4.69, 9.17) is 11.6 Å². The third-order valence-electron chi connectivity index (χ3n) is 3.50. The highest BCUT2D eigenvalue weighted by Gasteiger charge is 2.31. The summed E-state index contributed by atoms with van der Waals surface area (Å²) in [7, 11) is 1.24. The first-order chi connectivity index (χ1) is 11.3. The Balaban J connectivity index is 2.21. The Morgan fingerprint density at radius 3 is 2.62 bits per heavy atom.